The molecule has 0 aliphatic carbocycles. The Labute approximate surface area is 164 Å². The maximum atomic E-state index is 12.4. The zero-order chi connectivity index (χ0) is 21.0. The highest BCUT2D eigenvalue weighted by Crippen LogP contribution is 2.23. The molecule has 0 spiro atoms. The molecule has 3 aromatic rings. The molecule has 2 N–H and O–H groups in total. The van der Waals surface area contributed by atoms with Gasteiger partial charge in [0.2, 0.25) is 5.91 Å². The molecule has 0 aliphatic heterocycles. The molecule has 29 heavy (non-hydrogen) atoms. The highest BCUT2D eigenvalue weighted by molar-refractivity contribution is 5.98. The van der Waals surface area contributed by atoms with Gasteiger partial charge in [0.15, 0.2) is 0 Å². The van der Waals surface area contributed by atoms with Crippen LogP contribution in [0, 0.1) is 0 Å². The molecule has 0 saturated carbocycles. The van der Waals surface area contributed by atoms with Crippen molar-refractivity contribution in [3.05, 3.63) is 65.4 Å². The number of halogens is 3. The van der Waals surface area contributed by atoms with Crippen LogP contribution in [0.2, 0.25) is 0 Å². The Morgan fingerprint density at radius 2 is 1.90 bits per heavy atom. The third-order valence-electron chi connectivity index (χ3n) is 4.34. The third-order valence-corrected chi connectivity index (χ3v) is 4.34. The summed E-state index contributed by atoms with van der Waals surface area (Å²) in [6.07, 6.45) is -2.03. The van der Waals surface area contributed by atoms with E-state index in [9.17, 15) is 22.8 Å². The number of hydrogen-bond acceptors (Lipinski definition) is 3. The average molecular weight is 404 g/mol. The average Bonchev–Trinajstić information content (AvgIpc) is 3.07. The first-order valence-corrected chi connectivity index (χ1v) is 8.99. The van der Waals surface area contributed by atoms with Crippen LogP contribution in [0.25, 0.3) is 11.0 Å². The number of fused-ring (bicyclic) bond motifs is 1. The molecule has 0 bridgehead atoms. The number of aryl methyl sites for hydroxylation is 1. The van der Waals surface area contributed by atoms with Crippen molar-refractivity contribution in [2.45, 2.75) is 25.9 Å². The molecule has 2 aromatic carbocycles. The lowest BCUT2D eigenvalue weighted by molar-refractivity contribution is -0.123. The number of furan rings is 1. The first-order valence-electron chi connectivity index (χ1n) is 8.99. The molecule has 0 fully saturated rings. The molecule has 0 aliphatic rings. The maximum Gasteiger partial charge on any atom is 0.405 e. The monoisotopic (exact) mass is 404 g/mol. The highest BCUT2D eigenvalue weighted by Gasteiger charge is 2.27. The van der Waals surface area contributed by atoms with Gasteiger partial charge in [-0.05, 0) is 36.2 Å². The molecular weight excluding hydrogens is 385 g/mol. The van der Waals surface area contributed by atoms with Crippen molar-refractivity contribution in [2.75, 3.05) is 11.9 Å². The van der Waals surface area contributed by atoms with Crippen LogP contribution in [0.5, 0.6) is 0 Å². The van der Waals surface area contributed by atoms with E-state index in [-0.39, 0.29) is 17.9 Å². The van der Waals surface area contributed by atoms with Crippen molar-refractivity contribution in [1.29, 1.82) is 0 Å². The van der Waals surface area contributed by atoms with Gasteiger partial charge in [-0.2, -0.15) is 13.2 Å². The fourth-order valence-electron chi connectivity index (χ4n) is 2.88. The summed E-state index contributed by atoms with van der Waals surface area (Å²) in [7, 11) is 0. The molecule has 5 nitrogen and oxygen atoms in total. The molecule has 0 atom stereocenters. The first-order chi connectivity index (χ1) is 13.7. The minimum absolute atomic E-state index is 0.0212. The fourth-order valence-corrected chi connectivity index (χ4v) is 2.88. The first kappa shape index (κ1) is 20.4. The predicted octanol–water partition coefficient (Wildman–Crippen LogP) is 4.47. The van der Waals surface area contributed by atoms with E-state index in [0.717, 1.165) is 22.9 Å². The van der Waals surface area contributed by atoms with Gasteiger partial charge in [-0.15, -0.1) is 0 Å². The number of carbonyl (C=O) groups excluding carboxylic acids is 2. The summed E-state index contributed by atoms with van der Waals surface area (Å²) in [6.45, 7) is 0.617. The van der Waals surface area contributed by atoms with E-state index in [1.165, 1.54) is 24.5 Å². The summed E-state index contributed by atoms with van der Waals surface area (Å²) in [5.74, 6) is -1.20. The lowest BCUT2D eigenvalue weighted by atomic mass is 10.1. The van der Waals surface area contributed by atoms with Crippen LogP contribution in [-0.4, -0.2) is 24.5 Å². The van der Waals surface area contributed by atoms with Crippen LogP contribution in [-0.2, 0) is 17.6 Å². The Morgan fingerprint density at radius 3 is 2.62 bits per heavy atom. The van der Waals surface area contributed by atoms with Gasteiger partial charge < -0.3 is 15.1 Å². The van der Waals surface area contributed by atoms with Gasteiger partial charge >= 0.3 is 6.18 Å². The van der Waals surface area contributed by atoms with E-state index < -0.39 is 18.6 Å². The summed E-state index contributed by atoms with van der Waals surface area (Å²) < 4.78 is 42.2. The standard InChI is InChI=1S/C21H19F3N2O3/c1-2-13-6-7-17-15(11-29-18(17)8-13)10-19(27)26-16-5-3-4-14(9-16)20(28)25-12-21(22,23)24/h3-9,11H,2,10,12H2,1H3,(H,25,28)(H,26,27). The van der Waals surface area contributed by atoms with E-state index in [1.54, 1.807) is 11.4 Å². The third kappa shape index (κ3) is 5.37. The largest absolute Gasteiger partial charge is 0.464 e. The topological polar surface area (TPSA) is 71.3 Å². The summed E-state index contributed by atoms with van der Waals surface area (Å²) in [4.78, 5) is 24.2. The number of nitrogens with one attached hydrogen (secondary N) is 2. The lowest BCUT2D eigenvalue weighted by Crippen LogP contribution is -2.33. The van der Waals surface area contributed by atoms with E-state index in [0.29, 0.717) is 11.3 Å². The minimum atomic E-state index is -4.49. The van der Waals surface area contributed by atoms with Crippen LogP contribution in [0.15, 0.2) is 53.1 Å². The van der Waals surface area contributed by atoms with E-state index >= 15 is 0 Å². The maximum absolute atomic E-state index is 12.4. The zero-order valence-electron chi connectivity index (χ0n) is 15.6. The summed E-state index contributed by atoms with van der Waals surface area (Å²) in [5, 5.41) is 5.29. The van der Waals surface area contributed by atoms with Crippen LogP contribution in [0.1, 0.15) is 28.4 Å². The summed E-state index contributed by atoms with van der Waals surface area (Å²) in [6, 6.07) is 11.5. The van der Waals surface area contributed by atoms with Gasteiger partial charge in [-0.25, -0.2) is 0 Å². The van der Waals surface area contributed by atoms with E-state index in [1.807, 2.05) is 25.1 Å². The Bertz CT molecular complexity index is 1040. The zero-order valence-corrected chi connectivity index (χ0v) is 15.6. The highest BCUT2D eigenvalue weighted by atomic mass is 19.4. The van der Waals surface area contributed by atoms with Crippen molar-refractivity contribution in [2.24, 2.45) is 0 Å². The van der Waals surface area contributed by atoms with Crippen molar-refractivity contribution in [3.63, 3.8) is 0 Å². The van der Waals surface area contributed by atoms with Gasteiger partial charge in [0.05, 0.1) is 12.7 Å². The molecule has 0 unspecified atom stereocenters. The Hall–Kier alpha value is -3.29. The van der Waals surface area contributed by atoms with Gasteiger partial charge in [-0.3, -0.25) is 9.59 Å². The molecule has 8 heteroatoms. The van der Waals surface area contributed by atoms with E-state index in [4.69, 9.17) is 4.42 Å². The molecule has 0 radical (unpaired) electrons. The molecule has 0 saturated heterocycles. The second kappa shape index (κ2) is 8.38. The molecule has 152 valence electrons. The Kier molecular flexibility index (Phi) is 5.91. The molecule has 3 rings (SSSR count). The van der Waals surface area contributed by atoms with Gasteiger partial charge in [0.1, 0.15) is 12.1 Å². The van der Waals surface area contributed by atoms with Crippen molar-refractivity contribution in [1.82, 2.24) is 5.32 Å². The summed E-state index contributed by atoms with van der Waals surface area (Å²) >= 11 is 0. The number of amides is 2. The number of anilines is 1. The fraction of sp³-hybridized carbons (Fsp3) is 0.238. The van der Waals surface area contributed by atoms with Gasteiger partial charge in [0, 0.05) is 22.2 Å². The normalized spacial score (nSPS) is 11.4. The quantitative estimate of drug-likeness (QED) is 0.637. The van der Waals surface area contributed by atoms with Gasteiger partial charge in [0.25, 0.3) is 5.91 Å². The molecule has 1 heterocycles. The second-order valence-electron chi connectivity index (χ2n) is 6.55. The summed E-state index contributed by atoms with van der Waals surface area (Å²) in [5.41, 5.74) is 2.89. The number of alkyl halides is 3. The molecular formula is C21H19F3N2O3. The van der Waals surface area contributed by atoms with Crippen LogP contribution in [0.4, 0.5) is 18.9 Å². The predicted molar refractivity (Wildman–Crippen MR) is 103 cm³/mol. The van der Waals surface area contributed by atoms with Crippen molar-refractivity contribution >= 4 is 28.5 Å². The minimum Gasteiger partial charge on any atom is -0.464 e. The molecule has 2 amide bonds. The van der Waals surface area contributed by atoms with Crippen molar-refractivity contribution in [3.8, 4) is 0 Å². The van der Waals surface area contributed by atoms with Crippen LogP contribution in [0.3, 0.4) is 0 Å². The van der Waals surface area contributed by atoms with Crippen LogP contribution >= 0.6 is 0 Å². The van der Waals surface area contributed by atoms with Gasteiger partial charge in [-0.1, -0.05) is 25.1 Å². The van der Waals surface area contributed by atoms with E-state index in [2.05, 4.69) is 5.32 Å². The number of rotatable bonds is 6. The van der Waals surface area contributed by atoms with Crippen molar-refractivity contribution < 1.29 is 27.2 Å². The Balaban J connectivity index is 1.66. The molecule has 1 aromatic heterocycles. The lowest BCUT2D eigenvalue weighted by Gasteiger charge is -2.10. The number of hydrogen-bond donors (Lipinski definition) is 2. The smallest absolute Gasteiger partial charge is 0.405 e. The van der Waals surface area contributed by atoms with Crippen LogP contribution < -0.4 is 10.6 Å². The Morgan fingerprint density at radius 1 is 1.10 bits per heavy atom. The number of benzene rings is 2. The SMILES string of the molecule is CCc1ccc2c(CC(=O)Nc3cccc(C(=O)NCC(F)(F)F)c3)coc2c1. The second-order valence-corrected chi connectivity index (χ2v) is 6.55. The number of carbonyl (C=O) groups is 2.